The summed E-state index contributed by atoms with van der Waals surface area (Å²) in [5, 5.41) is 0. The van der Waals surface area contributed by atoms with Gasteiger partial charge in [-0.3, -0.25) is 0 Å². The summed E-state index contributed by atoms with van der Waals surface area (Å²) in [4.78, 5) is 23.1. The van der Waals surface area contributed by atoms with Crippen LogP contribution in [-0.4, -0.2) is 26.2 Å². The van der Waals surface area contributed by atoms with Crippen LogP contribution in [0.4, 0.5) is 0 Å². The Morgan fingerprint density at radius 1 is 1.00 bits per heavy atom. The third-order valence-corrected chi connectivity index (χ3v) is 2.40. The van der Waals surface area contributed by atoms with E-state index < -0.39 is 11.9 Å². The summed E-state index contributed by atoms with van der Waals surface area (Å²) in [6.07, 6.45) is 3.69. The van der Waals surface area contributed by atoms with Crippen LogP contribution in [-0.2, 0) is 25.6 Å². The molecule has 0 saturated carbocycles. The predicted octanol–water partition coefficient (Wildman–Crippen LogP) is 0.637. The van der Waals surface area contributed by atoms with Gasteiger partial charge in [0.1, 0.15) is 5.57 Å². The van der Waals surface area contributed by atoms with Gasteiger partial charge in [-0.25, -0.2) is 14.2 Å². The Kier molecular flexibility index (Phi) is 5.05. The number of methoxy groups -OCH3 is 2. The fourth-order valence-electron chi connectivity index (χ4n) is 1.53. The van der Waals surface area contributed by atoms with Gasteiger partial charge < -0.3 is 9.47 Å². The van der Waals surface area contributed by atoms with Crippen LogP contribution in [0.5, 0.6) is 0 Å². The van der Waals surface area contributed by atoms with Crippen LogP contribution in [0.25, 0.3) is 0 Å². The van der Waals surface area contributed by atoms with Gasteiger partial charge in [-0.1, -0.05) is 6.07 Å². The van der Waals surface area contributed by atoms with Crippen molar-refractivity contribution in [3.05, 3.63) is 41.7 Å². The molecule has 0 unspecified atom stereocenters. The molecule has 0 aliphatic rings. The molecule has 0 spiro atoms. The SMILES string of the molecule is COC(=O)C(C(=O)OC)=C(C)C[n+]1ccccc1. The van der Waals surface area contributed by atoms with E-state index in [1.165, 1.54) is 14.2 Å². The first kappa shape index (κ1) is 13.9. The van der Waals surface area contributed by atoms with Crippen LogP contribution in [0.1, 0.15) is 6.92 Å². The topological polar surface area (TPSA) is 56.5 Å². The highest BCUT2D eigenvalue weighted by Crippen LogP contribution is 2.08. The number of aromatic nitrogens is 1. The molecule has 0 radical (unpaired) electrons. The normalized spacial score (nSPS) is 9.50. The molecule has 0 N–H and O–H groups in total. The fraction of sp³-hybridized carbons (Fsp3) is 0.308. The standard InChI is InChI=1S/C13H16NO4/c1-10(9-14-7-5-4-6-8-14)11(12(15)17-2)13(16)18-3/h4-8H,9H2,1-3H3/q+1. The highest BCUT2D eigenvalue weighted by atomic mass is 16.5. The Labute approximate surface area is 106 Å². The van der Waals surface area contributed by atoms with Gasteiger partial charge in [-0.15, -0.1) is 0 Å². The zero-order valence-corrected chi connectivity index (χ0v) is 10.7. The second kappa shape index (κ2) is 6.54. The molecule has 0 aliphatic carbocycles. The monoisotopic (exact) mass is 250 g/mol. The summed E-state index contributed by atoms with van der Waals surface area (Å²) in [5.41, 5.74) is 0.529. The zero-order chi connectivity index (χ0) is 13.5. The predicted molar refractivity (Wildman–Crippen MR) is 63.4 cm³/mol. The summed E-state index contributed by atoms with van der Waals surface area (Å²) in [5.74, 6) is -1.37. The van der Waals surface area contributed by atoms with E-state index in [2.05, 4.69) is 9.47 Å². The molecule has 0 fully saturated rings. The van der Waals surface area contributed by atoms with E-state index in [1.54, 1.807) is 6.92 Å². The molecule has 1 aromatic heterocycles. The minimum absolute atomic E-state index is 0.0589. The summed E-state index contributed by atoms with van der Waals surface area (Å²) in [6.45, 7) is 2.11. The lowest BCUT2D eigenvalue weighted by Crippen LogP contribution is -2.34. The number of hydrogen-bond donors (Lipinski definition) is 0. The van der Waals surface area contributed by atoms with Crippen LogP contribution in [0.15, 0.2) is 41.7 Å². The molecule has 0 amide bonds. The molecule has 96 valence electrons. The first-order valence-corrected chi connectivity index (χ1v) is 5.40. The highest BCUT2D eigenvalue weighted by Gasteiger charge is 2.24. The quantitative estimate of drug-likeness (QED) is 0.259. The Hall–Kier alpha value is -2.17. The first-order valence-electron chi connectivity index (χ1n) is 5.40. The number of allylic oxidation sites excluding steroid dienone is 1. The second-order valence-corrected chi connectivity index (χ2v) is 3.69. The number of esters is 2. The lowest BCUT2D eigenvalue weighted by Gasteiger charge is -2.06. The van der Waals surface area contributed by atoms with Crippen molar-refractivity contribution in [3.63, 3.8) is 0 Å². The van der Waals surface area contributed by atoms with Crippen LogP contribution < -0.4 is 4.57 Å². The molecule has 1 heterocycles. The third kappa shape index (κ3) is 3.41. The molecule has 1 aromatic rings. The summed E-state index contributed by atoms with van der Waals surface area (Å²) in [6, 6.07) is 5.61. The van der Waals surface area contributed by atoms with E-state index in [0.29, 0.717) is 12.1 Å². The minimum Gasteiger partial charge on any atom is -0.465 e. The fourth-order valence-corrected chi connectivity index (χ4v) is 1.53. The van der Waals surface area contributed by atoms with Gasteiger partial charge in [0.15, 0.2) is 18.9 Å². The molecule has 0 atom stereocenters. The van der Waals surface area contributed by atoms with Gasteiger partial charge >= 0.3 is 11.9 Å². The van der Waals surface area contributed by atoms with Crippen molar-refractivity contribution >= 4 is 11.9 Å². The molecule has 0 bridgehead atoms. The maximum atomic E-state index is 11.6. The van der Waals surface area contributed by atoms with Crippen molar-refractivity contribution < 1.29 is 23.6 Å². The molecule has 1 rings (SSSR count). The molecule has 0 aliphatic heterocycles. The lowest BCUT2D eigenvalue weighted by atomic mass is 10.1. The molecule has 18 heavy (non-hydrogen) atoms. The van der Waals surface area contributed by atoms with Gasteiger partial charge in [-0.2, -0.15) is 0 Å². The lowest BCUT2D eigenvalue weighted by molar-refractivity contribution is -0.689. The molecule has 5 nitrogen and oxygen atoms in total. The van der Waals surface area contributed by atoms with Crippen LogP contribution >= 0.6 is 0 Å². The van der Waals surface area contributed by atoms with Gasteiger partial charge in [0.05, 0.1) is 14.2 Å². The number of rotatable bonds is 4. The Morgan fingerprint density at radius 2 is 1.50 bits per heavy atom. The molecule has 0 saturated heterocycles. The van der Waals surface area contributed by atoms with Gasteiger partial charge in [0.25, 0.3) is 0 Å². The molecular formula is C13H16NO4+. The van der Waals surface area contributed by atoms with Gasteiger partial charge in [-0.05, 0) is 6.92 Å². The Morgan fingerprint density at radius 3 is 1.94 bits per heavy atom. The van der Waals surface area contributed by atoms with E-state index in [4.69, 9.17) is 0 Å². The third-order valence-electron chi connectivity index (χ3n) is 2.40. The number of hydrogen-bond acceptors (Lipinski definition) is 4. The van der Waals surface area contributed by atoms with E-state index >= 15 is 0 Å². The van der Waals surface area contributed by atoms with Crippen molar-refractivity contribution in [2.24, 2.45) is 0 Å². The number of carbonyl (C=O) groups is 2. The van der Waals surface area contributed by atoms with Crippen molar-refractivity contribution in [3.8, 4) is 0 Å². The maximum Gasteiger partial charge on any atom is 0.345 e. The van der Waals surface area contributed by atoms with Crippen molar-refractivity contribution in [2.45, 2.75) is 13.5 Å². The van der Waals surface area contributed by atoms with Crippen molar-refractivity contribution in [1.82, 2.24) is 0 Å². The number of nitrogens with zero attached hydrogens (tertiary/aromatic N) is 1. The van der Waals surface area contributed by atoms with E-state index in [1.807, 2.05) is 35.2 Å². The van der Waals surface area contributed by atoms with Gasteiger partial charge in [0.2, 0.25) is 0 Å². The number of carbonyl (C=O) groups excluding carboxylic acids is 2. The Balaban J connectivity index is 3.04. The van der Waals surface area contributed by atoms with Crippen LogP contribution in [0.3, 0.4) is 0 Å². The van der Waals surface area contributed by atoms with E-state index in [9.17, 15) is 9.59 Å². The zero-order valence-electron chi connectivity index (χ0n) is 10.7. The molecule has 5 heteroatoms. The average Bonchev–Trinajstić information content (AvgIpc) is 2.39. The van der Waals surface area contributed by atoms with Crippen molar-refractivity contribution in [2.75, 3.05) is 14.2 Å². The summed E-state index contributed by atoms with van der Waals surface area (Å²) >= 11 is 0. The van der Waals surface area contributed by atoms with E-state index in [0.717, 1.165) is 0 Å². The molecular weight excluding hydrogens is 234 g/mol. The average molecular weight is 250 g/mol. The largest absolute Gasteiger partial charge is 0.465 e. The van der Waals surface area contributed by atoms with Crippen LogP contribution in [0, 0.1) is 0 Å². The van der Waals surface area contributed by atoms with Crippen molar-refractivity contribution in [1.29, 1.82) is 0 Å². The Bertz CT molecular complexity index is 447. The summed E-state index contributed by atoms with van der Waals surface area (Å²) in [7, 11) is 2.46. The second-order valence-electron chi connectivity index (χ2n) is 3.69. The van der Waals surface area contributed by atoms with Gasteiger partial charge in [0, 0.05) is 17.7 Å². The smallest absolute Gasteiger partial charge is 0.345 e. The molecule has 0 aromatic carbocycles. The highest BCUT2D eigenvalue weighted by molar-refractivity contribution is 6.14. The first-order chi connectivity index (χ1) is 8.60. The van der Waals surface area contributed by atoms with E-state index in [-0.39, 0.29) is 5.57 Å². The summed E-state index contributed by atoms with van der Waals surface area (Å²) < 4.78 is 11.0. The maximum absolute atomic E-state index is 11.6. The van der Waals surface area contributed by atoms with Crippen LogP contribution in [0.2, 0.25) is 0 Å². The number of pyridine rings is 1. The minimum atomic E-state index is -0.684. The number of ether oxygens (including phenoxy) is 2.